The van der Waals surface area contributed by atoms with Gasteiger partial charge in [-0.1, -0.05) is 40.5 Å². The van der Waals surface area contributed by atoms with Crippen LogP contribution >= 0.6 is 34.5 Å². The van der Waals surface area contributed by atoms with E-state index in [2.05, 4.69) is 10.5 Å². The van der Waals surface area contributed by atoms with Gasteiger partial charge in [-0.3, -0.25) is 4.79 Å². The Kier molecular flexibility index (Phi) is 5.85. The van der Waals surface area contributed by atoms with E-state index < -0.39 is 39.6 Å². The Morgan fingerprint density at radius 2 is 1.94 bits per heavy atom. The number of oxime groups is 1. The third-order valence-corrected chi connectivity index (χ3v) is 6.71. The Labute approximate surface area is 193 Å². The summed E-state index contributed by atoms with van der Waals surface area (Å²) in [4.78, 5) is 16.3. The lowest BCUT2D eigenvalue weighted by atomic mass is 9.86. The quantitative estimate of drug-likeness (QED) is 0.322. The van der Waals surface area contributed by atoms with Crippen molar-refractivity contribution in [2.45, 2.75) is 31.7 Å². The number of alkyl halides is 3. The lowest BCUT2D eigenvalue weighted by Gasteiger charge is -2.29. The predicted molar refractivity (Wildman–Crippen MR) is 116 cm³/mol. The van der Waals surface area contributed by atoms with Crippen LogP contribution < -0.4 is 5.32 Å². The standard InChI is InChI=1S/C21H14Cl2F4N2O2S/c1-10(30)28-9-11-2-3-13(14-4-5-32-19(11)14)17-8-20(31-29-17,21(25,26)27)12-6-15(22)18(24)16(23)7-12/h2-7H,8-9H2,1H3,(H,28,30). The highest BCUT2D eigenvalue weighted by Crippen LogP contribution is 2.50. The van der Waals surface area contributed by atoms with Gasteiger partial charge in [-0.2, -0.15) is 13.2 Å². The Bertz CT molecular complexity index is 1240. The molecule has 1 atom stereocenters. The van der Waals surface area contributed by atoms with Crippen molar-refractivity contribution in [2.24, 2.45) is 5.16 Å². The molecule has 1 aliphatic rings. The molecule has 0 bridgehead atoms. The van der Waals surface area contributed by atoms with Gasteiger partial charge in [0.2, 0.25) is 5.91 Å². The van der Waals surface area contributed by atoms with Crippen molar-refractivity contribution in [1.82, 2.24) is 5.32 Å². The van der Waals surface area contributed by atoms with Gasteiger partial charge < -0.3 is 10.2 Å². The number of halogens is 6. The lowest BCUT2D eigenvalue weighted by Crippen LogP contribution is -2.42. The highest BCUT2D eigenvalue weighted by Gasteiger charge is 2.62. The van der Waals surface area contributed by atoms with Gasteiger partial charge >= 0.3 is 6.18 Å². The number of amides is 1. The maximum absolute atomic E-state index is 14.2. The van der Waals surface area contributed by atoms with Gasteiger partial charge in [0.25, 0.3) is 5.60 Å². The molecule has 1 amide bonds. The third kappa shape index (κ3) is 3.82. The molecule has 0 fully saturated rings. The van der Waals surface area contributed by atoms with E-state index in [9.17, 15) is 22.4 Å². The zero-order valence-electron chi connectivity index (χ0n) is 16.3. The van der Waals surface area contributed by atoms with Crippen LogP contribution in [0.1, 0.15) is 30.0 Å². The summed E-state index contributed by atoms with van der Waals surface area (Å²) in [6.07, 6.45) is -5.54. The molecule has 1 aliphatic heterocycles. The van der Waals surface area contributed by atoms with Gasteiger partial charge in [0, 0.05) is 41.1 Å². The van der Waals surface area contributed by atoms with Gasteiger partial charge in [-0.15, -0.1) is 11.3 Å². The lowest BCUT2D eigenvalue weighted by molar-refractivity contribution is -0.275. The van der Waals surface area contributed by atoms with Gasteiger partial charge in [-0.25, -0.2) is 4.39 Å². The molecule has 32 heavy (non-hydrogen) atoms. The molecule has 0 aliphatic carbocycles. The SMILES string of the molecule is CC(=O)NCc1ccc(C2=NOC(c3cc(Cl)c(F)c(Cl)c3)(C(F)(F)F)C2)c2ccsc12. The number of carbonyl (C=O) groups is 1. The highest BCUT2D eigenvalue weighted by atomic mass is 35.5. The Balaban J connectivity index is 1.75. The maximum atomic E-state index is 14.2. The molecule has 0 saturated carbocycles. The van der Waals surface area contributed by atoms with Crippen LogP contribution in [0.3, 0.4) is 0 Å². The summed E-state index contributed by atoms with van der Waals surface area (Å²) in [5, 5.41) is 7.88. The zero-order valence-corrected chi connectivity index (χ0v) is 18.6. The van der Waals surface area contributed by atoms with Gasteiger partial charge in [-0.05, 0) is 29.1 Å². The van der Waals surface area contributed by atoms with E-state index >= 15 is 0 Å². The fourth-order valence-electron chi connectivity index (χ4n) is 3.57. The van der Waals surface area contributed by atoms with Crippen LogP contribution in [0, 0.1) is 5.82 Å². The molecule has 0 saturated heterocycles. The fraction of sp³-hybridized carbons (Fsp3) is 0.238. The predicted octanol–water partition coefficient (Wildman–Crippen LogP) is 6.57. The number of hydrogen-bond acceptors (Lipinski definition) is 4. The molecule has 3 aromatic rings. The molecule has 1 aromatic heterocycles. The van der Waals surface area contributed by atoms with Crippen LogP contribution in [0.5, 0.6) is 0 Å². The molecule has 4 nitrogen and oxygen atoms in total. The minimum Gasteiger partial charge on any atom is -0.374 e. The second-order valence-corrected chi connectivity index (χ2v) is 8.96. The van der Waals surface area contributed by atoms with E-state index in [1.807, 2.05) is 0 Å². The molecule has 11 heteroatoms. The minimum atomic E-state index is -4.89. The molecule has 4 rings (SSSR count). The fourth-order valence-corrected chi connectivity index (χ4v) is 4.99. The van der Waals surface area contributed by atoms with Crippen molar-refractivity contribution in [3.8, 4) is 0 Å². The normalized spacial score (nSPS) is 18.5. The molecule has 1 N–H and O–H groups in total. The Morgan fingerprint density at radius 3 is 2.56 bits per heavy atom. The van der Waals surface area contributed by atoms with E-state index in [0.29, 0.717) is 10.9 Å². The first-order valence-corrected chi connectivity index (χ1v) is 10.9. The number of benzene rings is 2. The third-order valence-electron chi connectivity index (χ3n) is 5.17. The largest absolute Gasteiger partial charge is 0.435 e. The van der Waals surface area contributed by atoms with Crippen LogP contribution in [0.2, 0.25) is 10.0 Å². The van der Waals surface area contributed by atoms with Crippen molar-refractivity contribution >= 4 is 56.2 Å². The summed E-state index contributed by atoms with van der Waals surface area (Å²) in [6, 6.07) is 6.85. The van der Waals surface area contributed by atoms with Crippen LogP contribution in [0.15, 0.2) is 40.9 Å². The van der Waals surface area contributed by atoms with Gasteiger partial charge in [0.15, 0.2) is 5.82 Å². The van der Waals surface area contributed by atoms with E-state index in [-0.39, 0.29) is 18.2 Å². The average molecular weight is 505 g/mol. The second kappa shape index (κ2) is 8.20. The molecule has 0 spiro atoms. The average Bonchev–Trinajstić information content (AvgIpc) is 3.37. The number of thiophene rings is 1. The first-order valence-electron chi connectivity index (χ1n) is 9.24. The number of hydrogen-bond donors (Lipinski definition) is 1. The van der Waals surface area contributed by atoms with Crippen LogP contribution in [-0.4, -0.2) is 17.8 Å². The van der Waals surface area contributed by atoms with Gasteiger partial charge in [0.1, 0.15) is 0 Å². The number of nitrogens with zero attached hydrogens (tertiary/aromatic N) is 1. The second-order valence-electron chi connectivity index (χ2n) is 7.23. The minimum absolute atomic E-state index is 0.0772. The van der Waals surface area contributed by atoms with Crippen molar-refractivity contribution in [1.29, 1.82) is 0 Å². The van der Waals surface area contributed by atoms with E-state index in [4.69, 9.17) is 28.0 Å². The molecular formula is C21H14Cl2F4N2O2S. The number of nitrogens with one attached hydrogen (secondary N) is 1. The number of carbonyl (C=O) groups excluding carboxylic acids is 1. The molecule has 2 aromatic carbocycles. The van der Waals surface area contributed by atoms with E-state index in [1.54, 1.807) is 23.6 Å². The number of fused-ring (bicyclic) bond motifs is 1. The van der Waals surface area contributed by atoms with E-state index in [1.165, 1.54) is 18.3 Å². The molecule has 168 valence electrons. The summed E-state index contributed by atoms with van der Waals surface area (Å²) in [6.45, 7) is 1.68. The Morgan fingerprint density at radius 1 is 1.25 bits per heavy atom. The van der Waals surface area contributed by atoms with Crippen LogP contribution in [-0.2, 0) is 21.8 Å². The van der Waals surface area contributed by atoms with Crippen LogP contribution in [0.25, 0.3) is 10.1 Å². The van der Waals surface area contributed by atoms with Crippen molar-refractivity contribution in [2.75, 3.05) is 0 Å². The molecule has 0 radical (unpaired) electrons. The molecular weight excluding hydrogens is 491 g/mol. The zero-order chi connectivity index (χ0) is 23.3. The summed E-state index contributed by atoms with van der Waals surface area (Å²) in [5.74, 6) is -1.21. The summed E-state index contributed by atoms with van der Waals surface area (Å²) in [5.41, 5.74) is -1.93. The van der Waals surface area contributed by atoms with Crippen LogP contribution in [0.4, 0.5) is 17.6 Å². The summed E-state index contributed by atoms with van der Waals surface area (Å²) in [7, 11) is 0. The number of rotatable bonds is 4. The summed E-state index contributed by atoms with van der Waals surface area (Å²) < 4.78 is 57.3. The van der Waals surface area contributed by atoms with Crippen molar-refractivity contribution < 1.29 is 27.2 Å². The van der Waals surface area contributed by atoms with Crippen molar-refractivity contribution in [3.63, 3.8) is 0 Å². The van der Waals surface area contributed by atoms with Crippen molar-refractivity contribution in [3.05, 3.63) is 68.3 Å². The Hall–Kier alpha value is -2.36. The molecule has 1 unspecified atom stereocenters. The van der Waals surface area contributed by atoms with Gasteiger partial charge in [0.05, 0.1) is 15.8 Å². The highest BCUT2D eigenvalue weighted by molar-refractivity contribution is 7.17. The smallest absolute Gasteiger partial charge is 0.374 e. The molecule has 2 heterocycles. The van der Waals surface area contributed by atoms with E-state index in [0.717, 1.165) is 22.4 Å². The maximum Gasteiger partial charge on any atom is 0.435 e. The first-order chi connectivity index (χ1) is 15.0. The monoisotopic (exact) mass is 504 g/mol. The topological polar surface area (TPSA) is 50.7 Å². The first kappa shape index (κ1) is 22.8. The summed E-state index contributed by atoms with van der Waals surface area (Å²) >= 11 is 12.9.